The summed E-state index contributed by atoms with van der Waals surface area (Å²) in [6.45, 7) is 0. The molecule has 29 heavy (non-hydrogen) atoms. The van der Waals surface area contributed by atoms with Crippen LogP contribution < -0.4 is 4.80 Å². The molecule has 3 heterocycles. The molecule has 0 spiro atoms. The summed E-state index contributed by atoms with van der Waals surface area (Å²) in [6, 6.07) is 17.8. The van der Waals surface area contributed by atoms with Crippen molar-refractivity contribution in [1.82, 2.24) is 9.66 Å². The monoisotopic (exact) mass is 402 g/mol. The Bertz CT molecular complexity index is 1360. The van der Waals surface area contributed by atoms with E-state index in [2.05, 4.69) is 15.1 Å². The van der Waals surface area contributed by atoms with Gasteiger partial charge < -0.3 is 9.40 Å². The molecule has 0 radical (unpaired) electrons. The minimum Gasteiger partial charge on any atom is -0.463 e. The number of H-pyrrole nitrogens is 1. The summed E-state index contributed by atoms with van der Waals surface area (Å²) >= 11 is 1.44. The summed E-state index contributed by atoms with van der Waals surface area (Å²) in [6.07, 6.45) is 5.34. The normalized spacial score (nSPS) is 12.4. The molecule has 0 saturated heterocycles. The number of benzene rings is 2. The van der Waals surface area contributed by atoms with Gasteiger partial charge in [0.05, 0.1) is 18.2 Å². The van der Waals surface area contributed by atoms with Crippen LogP contribution in [0.1, 0.15) is 5.56 Å². The zero-order chi connectivity index (χ0) is 19.6. The summed E-state index contributed by atoms with van der Waals surface area (Å²) in [5.41, 5.74) is 3.46. The molecule has 0 saturated carbocycles. The zero-order valence-electron chi connectivity index (χ0n) is 15.1. The Morgan fingerprint density at radius 1 is 1.03 bits per heavy atom. The number of furan rings is 1. The third-order valence-corrected chi connectivity index (χ3v) is 5.26. The van der Waals surface area contributed by atoms with Crippen LogP contribution >= 0.6 is 11.3 Å². The van der Waals surface area contributed by atoms with Crippen LogP contribution in [0.15, 0.2) is 93.0 Å². The molecule has 2 aromatic carbocycles. The molecule has 1 N–H and O–H groups in total. The molecule has 5 rings (SSSR count). The molecule has 3 aromatic heterocycles. The van der Waals surface area contributed by atoms with Crippen LogP contribution in [0.4, 0.5) is 10.1 Å². The van der Waals surface area contributed by atoms with Gasteiger partial charge in [-0.3, -0.25) is 0 Å². The first-order chi connectivity index (χ1) is 14.3. The van der Waals surface area contributed by atoms with Gasteiger partial charge in [-0.1, -0.05) is 18.2 Å². The van der Waals surface area contributed by atoms with Crippen molar-refractivity contribution in [3.63, 3.8) is 0 Å². The number of aromatic amines is 1. The summed E-state index contributed by atoms with van der Waals surface area (Å²) in [5, 5.41) is 7.71. The van der Waals surface area contributed by atoms with Gasteiger partial charge in [-0.2, -0.15) is 5.10 Å². The van der Waals surface area contributed by atoms with Crippen LogP contribution in [-0.4, -0.2) is 15.9 Å². The van der Waals surface area contributed by atoms with Crippen LogP contribution in [0.5, 0.6) is 0 Å². The molecule has 0 aliphatic rings. The fraction of sp³-hybridized carbons (Fsp3) is 0. The Kier molecular flexibility index (Phi) is 4.42. The van der Waals surface area contributed by atoms with E-state index >= 15 is 0 Å². The van der Waals surface area contributed by atoms with Crippen molar-refractivity contribution in [2.24, 2.45) is 10.1 Å². The maximum Gasteiger partial charge on any atom is 0.211 e. The fourth-order valence-electron chi connectivity index (χ4n) is 3.03. The number of rotatable bonds is 4. The highest BCUT2D eigenvalue weighted by Crippen LogP contribution is 2.22. The lowest BCUT2D eigenvalue weighted by molar-refractivity contribution is 0.575. The van der Waals surface area contributed by atoms with Gasteiger partial charge in [-0.15, -0.1) is 11.3 Å². The summed E-state index contributed by atoms with van der Waals surface area (Å²) < 4.78 is 20.5. The second-order valence-electron chi connectivity index (χ2n) is 6.32. The highest BCUT2D eigenvalue weighted by Gasteiger charge is 2.10. The number of hydrogen-bond acceptors (Lipinski definition) is 4. The number of nitrogens with zero attached hydrogens (tertiary/aromatic N) is 3. The summed E-state index contributed by atoms with van der Waals surface area (Å²) in [7, 11) is 0. The fourth-order valence-corrected chi connectivity index (χ4v) is 3.87. The van der Waals surface area contributed by atoms with E-state index in [0.717, 1.165) is 22.2 Å². The predicted molar refractivity (Wildman–Crippen MR) is 113 cm³/mol. The molecular formula is C22H15FN4OS. The molecule has 0 fully saturated rings. The van der Waals surface area contributed by atoms with E-state index in [1.54, 1.807) is 29.3 Å². The molecule has 0 atom stereocenters. The van der Waals surface area contributed by atoms with Gasteiger partial charge in [-0.05, 0) is 42.5 Å². The van der Waals surface area contributed by atoms with Gasteiger partial charge in [0.25, 0.3) is 0 Å². The van der Waals surface area contributed by atoms with Crippen molar-refractivity contribution in [2.75, 3.05) is 0 Å². The Balaban J connectivity index is 1.63. The van der Waals surface area contributed by atoms with Crippen molar-refractivity contribution in [3.8, 4) is 11.5 Å². The molecular weight excluding hydrogens is 387 g/mol. The second-order valence-corrected chi connectivity index (χ2v) is 7.15. The van der Waals surface area contributed by atoms with Crippen molar-refractivity contribution in [3.05, 3.63) is 94.7 Å². The zero-order valence-corrected chi connectivity index (χ0v) is 15.9. The number of fused-ring (bicyclic) bond motifs is 1. The van der Waals surface area contributed by atoms with E-state index in [4.69, 9.17) is 4.42 Å². The number of aromatic nitrogens is 2. The smallest absolute Gasteiger partial charge is 0.211 e. The number of halogens is 1. The highest BCUT2D eigenvalue weighted by atomic mass is 32.1. The van der Waals surface area contributed by atoms with Crippen molar-refractivity contribution >= 4 is 34.1 Å². The van der Waals surface area contributed by atoms with E-state index in [1.807, 2.05) is 48.0 Å². The third-order valence-electron chi connectivity index (χ3n) is 4.44. The van der Waals surface area contributed by atoms with Crippen molar-refractivity contribution in [1.29, 1.82) is 0 Å². The SMILES string of the molecule is Fc1ccc(N=c2scc(-c3ccco3)n2N=Cc2c[nH]c3ccccc23)cc1. The van der Waals surface area contributed by atoms with E-state index in [1.165, 1.54) is 23.5 Å². The minimum absolute atomic E-state index is 0.295. The lowest BCUT2D eigenvalue weighted by Gasteiger charge is -2.00. The van der Waals surface area contributed by atoms with E-state index in [-0.39, 0.29) is 5.82 Å². The van der Waals surface area contributed by atoms with Crippen molar-refractivity contribution in [2.45, 2.75) is 0 Å². The summed E-state index contributed by atoms with van der Waals surface area (Å²) in [4.78, 5) is 8.52. The van der Waals surface area contributed by atoms with E-state index in [0.29, 0.717) is 16.2 Å². The van der Waals surface area contributed by atoms with Gasteiger partial charge in [0.1, 0.15) is 11.5 Å². The average molecular weight is 402 g/mol. The Morgan fingerprint density at radius 3 is 2.72 bits per heavy atom. The Morgan fingerprint density at radius 2 is 1.90 bits per heavy atom. The molecule has 5 aromatic rings. The number of hydrogen-bond donors (Lipinski definition) is 1. The topological polar surface area (TPSA) is 58.6 Å². The molecule has 5 nitrogen and oxygen atoms in total. The van der Waals surface area contributed by atoms with E-state index < -0.39 is 0 Å². The molecule has 0 amide bonds. The molecule has 0 aliphatic carbocycles. The second kappa shape index (κ2) is 7.37. The van der Waals surface area contributed by atoms with Gasteiger partial charge in [0.15, 0.2) is 5.76 Å². The molecule has 7 heteroatoms. The standard InChI is InChI=1S/C22H15FN4OS/c23-16-7-9-17(10-8-16)26-22-27(20(14-29-22)21-6-3-11-28-21)25-13-15-12-24-19-5-2-1-4-18(15)19/h1-14,24H. The first-order valence-corrected chi connectivity index (χ1v) is 9.81. The van der Waals surface area contributed by atoms with Gasteiger partial charge in [0, 0.05) is 28.0 Å². The molecule has 0 bridgehead atoms. The Hall–Kier alpha value is -3.71. The maximum atomic E-state index is 13.2. The molecule has 0 unspecified atom stereocenters. The summed E-state index contributed by atoms with van der Waals surface area (Å²) in [5.74, 6) is 0.398. The first-order valence-electron chi connectivity index (χ1n) is 8.93. The number of nitrogens with one attached hydrogen (secondary N) is 1. The predicted octanol–water partition coefficient (Wildman–Crippen LogP) is 5.54. The lowest BCUT2D eigenvalue weighted by atomic mass is 10.2. The van der Waals surface area contributed by atoms with Crippen molar-refractivity contribution < 1.29 is 8.81 Å². The van der Waals surface area contributed by atoms with Crippen LogP contribution in [0, 0.1) is 5.82 Å². The number of thiazole rings is 1. The van der Waals surface area contributed by atoms with Crippen LogP contribution in [0.25, 0.3) is 22.4 Å². The number of para-hydroxylation sites is 1. The molecule has 0 aliphatic heterocycles. The van der Waals surface area contributed by atoms with Crippen LogP contribution in [0.2, 0.25) is 0 Å². The van der Waals surface area contributed by atoms with Gasteiger partial charge in [0.2, 0.25) is 4.80 Å². The largest absolute Gasteiger partial charge is 0.463 e. The lowest BCUT2D eigenvalue weighted by Crippen LogP contribution is -2.11. The van der Waals surface area contributed by atoms with Crippen LogP contribution in [-0.2, 0) is 0 Å². The van der Waals surface area contributed by atoms with Crippen LogP contribution in [0.3, 0.4) is 0 Å². The average Bonchev–Trinajstić information content (AvgIpc) is 3.48. The molecule has 142 valence electrons. The van der Waals surface area contributed by atoms with E-state index in [9.17, 15) is 4.39 Å². The Labute approximate surface area is 169 Å². The minimum atomic E-state index is -0.295. The highest BCUT2D eigenvalue weighted by molar-refractivity contribution is 7.07. The maximum absolute atomic E-state index is 13.2. The first kappa shape index (κ1) is 17.4. The van der Waals surface area contributed by atoms with Gasteiger partial charge >= 0.3 is 0 Å². The quantitative estimate of drug-likeness (QED) is 0.394. The van der Waals surface area contributed by atoms with Gasteiger partial charge in [-0.25, -0.2) is 14.1 Å². The third kappa shape index (κ3) is 3.43.